The molecule has 1 aromatic carbocycles. The monoisotopic (exact) mass is 270 g/mol. The molecular formula is C15H18N4O. The van der Waals surface area contributed by atoms with Crippen molar-refractivity contribution in [2.75, 3.05) is 30.0 Å². The van der Waals surface area contributed by atoms with Crippen molar-refractivity contribution in [1.29, 1.82) is 0 Å². The lowest BCUT2D eigenvalue weighted by atomic mass is 10.1. The Balaban J connectivity index is 2.26. The Morgan fingerprint density at radius 3 is 2.70 bits per heavy atom. The first-order chi connectivity index (χ1) is 9.49. The molecule has 0 saturated carbocycles. The number of carbonyl (C=O) groups is 1. The Morgan fingerprint density at radius 2 is 2.05 bits per heavy atom. The SMILES string of the molecule is Cc1cc(C(=O)Nc2cccnc2N(C)C)ccc1N. The molecule has 104 valence electrons. The molecule has 0 radical (unpaired) electrons. The molecule has 1 aromatic heterocycles. The van der Waals surface area contributed by atoms with E-state index >= 15 is 0 Å². The van der Waals surface area contributed by atoms with Gasteiger partial charge >= 0.3 is 0 Å². The molecule has 20 heavy (non-hydrogen) atoms. The number of aryl methyl sites for hydroxylation is 1. The highest BCUT2D eigenvalue weighted by Crippen LogP contribution is 2.21. The number of benzene rings is 1. The summed E-state index contributed by atoms with van der Waals surface area (Å²) in [6.45, 7) is 1.88. The van der Waals surface area contributed by atoms with Crippen LogP contribution >= 0.6 is 0 Å². The van der Waals surface area contributed by atoms with Gasteiger partial charge in [0, 0.05) is 31.5 Å². The van der Waals surface area contributed by atoms with Crippen molar-refractivity contribution in [1.82, 2.24) is 4.98 Å². The average molecular weight is 270 g/mol. The van der Waals surface area contributed by atoms with Crippen LogP contribution < -0.4 is 16.0 Å². The Bertz CT molecular complexity index is 638. The van der Waals surface area contributed by atoms with Gasteiger partial charge in [0.15, 0.2) is 5.82 Å². The maximum atomic E-state index is 12.3. The third-order valence-corrected chi connectivity index (χ3v) is 2.99. The number of nitrogen functional groups attached to an aromatic ring is 1. The van der Waals surface area contributed by atoms with Gasteiger partial charge in [-0.1, -0.05) is 0 Å². The van der Waals surface area contributed by atoms with Gasteiger partial charge < -0.3 is 16.0 Å². The Hall–Kier alpha value is -2.56. The smallest absolute Gasteiger partial charge is 0.255 e. The van der Waals surface area contributed by atoms with Gasteiger partial charge in [0.2, 0.25) is 0 Å². The van der Waals surface area contributed by atoms with Gasteiger partial charge in [-0.05, 0) is 42.8 Å². The number of nitrogens with two attached hydrogens (primary N) is 1. The maximum absolute atomic E-state index is 12.3. The zero-order valence-corrected chi connectivity index (χ0v) is 11.8. The van der Waals surface area contributed by atoms with Gasteiger partial charge in [-0.25, -0.2) is 4.98 Å². The first kappa shape index (κ1) is 13.9. The minimum absolute atomic E-state index is 0.177. The number of nitrogens with one attached hydrogen (secondary N) is 1. The van der Waals surface area contributed by atoms with Crippen molar-refractivity contribution in [3.05, 3.63) is 47.7 Å². The van der Waals surface area contributed by atoms with Gasteiger partial charge in [0.05, 0.1) is 5.69 Å². The highest BCUT2D eigenvalue weighted by molar-refractivity contribution is 6.05. The van der Waals surface area contributed by atoms with Crippen molar-refractivity contribution in [3.63, 3.8) is 0 Å². The molecule has 0 saturated heterocycles. The van der Waals surface area contributed by atoms with Gasteiger partial charge in [0.25, 0.3) is 5.91 Å². The predicted molar refractivity (Wildman–Crippen MR) is 82.1 cm³/mol. The Morgan fingerprint density at radius 1 is 1.30 bits per heavy atom. The van der Waals surface area contributed by atoms with Crippen LogP contribution in [-0.2, 0) is 0 Å². The van der Waals surface area contributed by atoms with Crippen LogP contribution in [-0.4, -0.2) is 25.0 Å². The van der Waals surface area contributed by atoms with Crippen LogP contribution in [0.25, 0.3) is 0 Å². The van der Waals surface area contributed by atoms with E-state index in [9.17, 15) is 4.79 Å². The number of nitrogens with zero attached hydrogens (tertiary/aromatic N) is 2. The molecule has 1 heterocycles. The summed E-state index contributed by atoms with van der Waals surface area (Å²) in [6.07, 6.45) is 1.69. The number of carbonyl (C=O) groups excluding carboxylic acids is 1. The topological polar surface area (TPSA) is 71.2 Å². The molecule has 1 amide bonds. The van der Waals surface area contributed by atoms with E-state index in [-0.39, 0.29) is 5.91 Å². The van der Waals surface area contributed by atoms with E-state index in [4.69, 9.17) is 5.73 Å². The summed E-state index contributed by atoms with van der Waals surface area (Å²) < 4.78 is 0. The van der Waals surface area contributed by atoms with Crippen LogP contribution in [0.4, 0.5) is 17.2 Å². The van der Waals surface area contributed by atoms with E-state index in [1.165, 1.54) is 0 Å². The van der Waals surface area contributed by atoms with Gasteiger partial charge in [-0.2, -0.15) is 0 Å². The quantitative estimate of drug-likeness (QED) is 0.839. The van der Waals surface area contributed by atoms with E-state index in [0.717, 1.165) is 5.56 Å². The second-order valence-electron chi connectivity index (χ2n) is 4.79. The number of rotatable bonds is 3. The minimum atomic E-state index is -0.177. The van der Waals surface area contributed by atoms with Gasteiger partial charge in [-0.15, -0.1) is 0 Å². The predicted octanol–water partition coefficient (Wildman–Crippen LogP) is 2.29. The molecule has 5 heteroatoms. The molecule has 3 N–H and O–H groups in total. The normalized spacial score (nSPS) is 10.2. The van der Waals surface area contributed by atoms with Gasteiger partial charge in [0.1, 0.15) is 0 Å². The fraction of sp³-hybridized carbons (Fsp3) is 0.200. The molecule has 0 aliphatic carbocycles. The zero-order valence-electron chi connectivity index (χ0n) is 11.8. The molecule has 2 aromatic rings. The summed E-state index contributed by atoms with van der Waals surface area (Å²) in [4.78, 5) is 18.4. The second-order valence-corrected chi connectivity index (χ2v) is 4.79. The number of hydrogen-bond acceptors (Lipinski definition) is 4. The third-order valence-electron chi connectivity index (χ3n) is 2.99. The van der Waals surface area contributed by atoms with Crippen molar-refractivity contribution in [2.45, 2.75) is 6.92 Å². The largest absolute Gasteiger partial charge is 0.399 e. The fourth-order valence-electron chi connectivity index (χ4n) is 1.86. The molecule has 0 bridgehead atoms. The standard InChI is InChI=1S/C15H18N4O/c1-10-9-11(6-7-12(10)16)15(20)18-13-5-4-8-17-14(13)19(2)3/h4-9H,16H2,1-3H3,(H,18,20). The summed E-state index contributed by atoms with van der Waals surface area (Å²) in [6, 6.07) is 8.83. The van der Waals surface area contributed by atoms with Crippen LogP contribution in [0, 0.1) is 6.92 Å². The molecule has 0 aliphatic heterocycles. The maximum Gasteiger partial charge on any atom is 0.255 e. The molecule has 0 spiro atoms. The van der Waals surface area contributed by atoms with Crippen molar-refractivity contribution in [3.8, 4) is 0 Å². The molecule has 2 rings (SSSR count). The number of hydrogen-bond donors (Lipinski definition) is 2. The lowest BCUT2D eigenvalue weighted by molar-refractivity contribution is 0.102. The van der Waals surface area contributed by atoms with Gasteiger partial charge in [-0.3, -0.25) is 4.79 Å². The number of amides is 1. The summed E-state index contributed by atoms with van der Waals surface area (Å²) in [5.74, 6) is 0.539. The van der Waals surface area contributed by atoms with Crippen molar-refractivity contribution >= 4 is 23.1 Å². The molecule has 5 nitrogen and oxygen atoms in total. The van der Waals surface area contributed by atoms with Crippen LogP contribution in [0.5, 0.6) is 0 Å². The molecule has 0 fully saturated rings. The van der Waals surface area contributed by atoms with Crippen LogP contribution in [0.15, 0.2) is 36.5 Å². The molecule has 0 unspecified atom stereocenters. The van der Waals surface area contributed by atoms with Crippen LogP contribution in [0.2, 0.25) is 0 Å². The minimum Gasteiger partial charge on any atom is -0.399 e. The highest BCUT2D eigenvalue weighted by Gasteiger charge is 2.11. The number of anilines is 3. The van der Waals surface area contributed by atoms with Crippen LogP contribution in [0.3, 0.4) is 0 Å². The second kappa shape index (κ2) is 5.61. The average Bonchev–Trinajstić information content (AvgIpc) is 2.42. The first-order valence-corrected chi connectivity index (χ1v) is 6.29. The lowest BCUT2D eigenvalue weighted by Gasteiger charge is -2.16. The lowest BCUT2D eigenvalue weighted by Crippen LogP contribution is -2.17. The van der Waals surface area contributed by atoms with E-state index in [1.807, 2.05) is 32.0 Å². The third kappa shape index (κ3) is 2.88. The van der Waals surface area contributed by atoms with Crippen molar-refractivity contribution in [2.24, 2.45) is 0 Å². The zero-order chi connectivity index (χ0) is 14.7. The Labute approximate surface area is 118 Å². The first-order valence-electron chi connectivity index (χ1n) is 6.29. The van der Waals surface area contributed by atoms with E-state index in [1.54, 1.807) is 30.5 Å². The summed E-state index contributed by atoms with van der Waals surface area (Å²) in [5, 5.41) is 2.87. The van der Waals surface area contributed by atoms with E-state index < -0.39 is 0 Å². The fourth-order valence-corrected chi connectivity index (χ4v) is 1.86. The molecular weight excluding hydrogens is 252 g/mol. The number of aromatic nitrogens is 1. The van der Waals surface area contributed by atoms with E-state index in [2.05, 4.69) is 10.3 Å². The summed E-state index contributed by atoms with van der Waals surface area (Å²) in [7, 11) is 3.76. The van der Waals surface area contributed by atoms with Crippen molar-refractivity contribution < 1.29 is 4.79 Å². The Kier molecular flexibility index (Phi) is 3.89. The molecule has 0 aliphatic rings. The van der Waals surface area contributed by atoms with E-state index in [0.29, 0.717) is 22.8 Å². The van der Waals surface area contributed by atoms with Crippen LogP contribution in [0.1, 0.15) is 15.9 Å². The number of pyridine rings is 1. The summed E-state index contributed by atoms with van der Waals surface area (Å²) >= 11 is 0. The highest BCUT2D eigenvalue weighted by atomic mass is 16.1. The summed E-state index contributed by atoms with van der Waals surface area (Å²) in [5.41, 5.74) is 8.57. The molecule has 0 atom stereocenters.